The second kappa shape index (κ2) is 4.75. The van der Waals surface area contributed by atoms with E-state index in [4.69, 9.17) is 0 Å². The number of hydrogen-bond donors (Lipinski definition) is 1. The van der Waals surface area contributed by atoms with Crippen molar-refractivity contribution in [1.29, 1.82) is 0 Å². The number of alkyl halides is 2. The lowest BCUT2D eigenvalue weighted by Crippen LogP contribution is -2.36. The van der Waals surface area contributed by atoms with Crippen molar-refractivity contribution in [2.45, 2.75) is 38.0 Å². The van der Waals surface area contributed by atoms with Crippen LogP contribution in [0.3, 0.4) is 0 Å². The lowest BCUT2D eigenvalue weighted by atomic mass is 9.88. The van der Waals surface area contributed by atoms with E-state index in [1.165, 1.54) is 0 Å². The van der Waals surface area contributed by atoms with Crippen LogP contribution in [0.1, 0.15) is 32.1 Å². The van der Waals surface area contributed by atoms with Gasteiger partial charge in [-0.1, -0.05) is 12.8 Å². The first-order chi connectivity index (χ1) is 6.21. The molecule has 0 spiro atoms. The van der Waals surface area contributed by atoms with Gasteiger partial charge in [0.15, 0.2) is 0 Å². The Kier molecular flexibility index (Phi) is 4.14. The van der Waals surface area contributed by atoms with Gasteiger partial charge in [0.05, 0.1) is 0 Å². The summed E-state index contributed by atoms with van der Waals surface area (Å²) in [6, 6.07) is 0. The van der Waals surface area contributed by atoms with Gasteiger partial charge in [-0.25, -0.2) is 8.78 Å². The van der Waals surface area contributed by atoms with Crippen LogP contribution in [0.2, 0.25) is 0 Å². The van der Waals surface area contributed by atoms with Gasteiger partial charge in [0.25, 0.3) is 5.92 Å². The molecule has 0 radical (unpaired) electrons. The Morgan fingerprint density at radius 3 is 2.14 bits per heavy atom. The lowest BCUT2D eigenvalue weighted by molar-refractivity contribution is -0.100. The molecule has 0 aromatic rings. The highest BCUT2D eigenvalue weighted by atomic mass is 35.5. The van der Waals surface area contributed by atoms with Crippen molar-refractivity contribution in [3.05, 3.63) is 0 Å². The smallest absolute Gasteiger partial charge is 0.254 e. The fourth-order valence-corrected chi connectivity index (χ4v) is 2.63. The molecule has 0 amide bonds. The third kappa shape index (κ3) is 2.19. The fraction of sp³-hybridized carbons (Fsp3) is 1.00. The molecule has 1 unspecified atom stereocenters. The predicted octanol–water partition coefficient (Wildman–Crippen LogP) is 2.84. The molecule has 1 heterocycles. The Hall–Kier alpha value is 0.110. The summed E-state index contributed by atoms with van der Waals surface area (Å²) in [6.45, 7) is 1.29. The minimum Gasteiger partial charge on any atom is -0.316 e. The summed E-state index contributed by atoms with van der Waals surface area (Å²) < 4.78 is 27.6. The summed E-state index contributed by atoms with van der Waals surface area (Å²) in [7, 11) is 0. The van der Waals surface area contributed by atoms with E-state index in [1.54, 1.807) is 0 Å². The highest BCUT2D eigenvalue weighted by Gasteiger charge is 2.48. The first-order valence-corrected chi connectivity index (χ1v) is 5.30. The number of halogens is 3. The van der Waals surface area contributed by atoms with Gasteiger partial charge in [-0.2, -0.15) is 0 Å². The second-order valence-electron chi connectivity index (χ2n) is 4.35. The number of hydrogen-bond acceptors (Lipinski definition) is 1. The van der Waals surface area contributed by atoms with E-state index < -0.39 is 11.8 Å². The third-order valence-electron chi connectivity index (χ3n) is 3.50. The van der Waals surface area contributed by atoms with Gasteiger partial charge >= 0.3 is 0 Å². The molecule has 1 atom stereocenters. The first-order valence-electron chi connectivity index (χ1n) is 5.30. The van der Waals surface area contributed by atoms with E-state index in [9.17, 15) is 8.78 Å². The van der Waals surface area contributed by atoms with Crippen LogP contribution in [0.25, 0.3) is 0 Å². The predicted molar refractivity (Wildman–Crippen MR) is 55.1 cm³/mol. The molecule has 2 aliphatic rings. The van der Waals surface area contributed by atoms with Crippen LogP contribution in [-0.2, 0) is 0 Å². The SMILES string of the molecule is Cl.FC(F)(C1CCCC1)C1CCNC1. The van der Waals surface area contributed by atoms with Crippen LogP contribution in [-0.4, -0.2) is 19.0 Å². The molecule has 0 aromatic heterocycles. The van der Waals surface area contributed by atoms with Crippen LogP contribution in [0.4, 0.5) is 8.78 Å². The minimum absolute atomic E-state index is 0. The molecule has 14 heavy (non-hydrogen) atoms. The molecule has 4 heteroatoms. The Labute approximate surface area is 90.0 Å². The molecule has 1 aliphatic heterocycles. The molecule has 2 rings (SSSR count). The zero-order valence-electron chi connectivity index (χ0n) is 8.27. The normalized spacial score (nSPS) is 29.1. The van der Waals surface area contributed by atoms with Crippen molar-refractivity contribution in [1.82, 2.24) is 5.32 Å². The molecule has 1 saturated carbocycles. The minimum atomic E-state index is -2.40. The van der Waals surface area contributed by atoms with E-state index in [0.29, 0.717) is 13.0 Å². The summed E-state index contributed by atoms with van der Waals surface area (Å²) >= 11 is 0. The molecule has 0 aromatic carbocycles. The molecule has 1 aliphatic carbocycles. The Morgan fingerprint density at radius 1 is 1.00 bits per heavy atom. The van der Waals surface area contributed by atoms with E-state index in [2.05, 4.69) is 5.32 Å². The largest absolute Gasteiger partial charge is 0.316 e. The zero-order chi connectivity index (χ0) is 9.31. The summed E-state index contributed by atoms with van der Waals surface area (Å²) in [5.41, 5.74) is 0. The van der Waals surface area contributed by atoms with Crippen molar-refractivity contribution in [3.63, 3.8) is 0 Å². The maximum absolute atomic E-state index is 13.8. The maximum atomic E-state index is 13.8. The van der Waals surface area contributed by atoms with Gasteiger partial charge in [0.2, 0.25) is 0 Å². The Bertz CT molecular complexity index is 157. The molecule has 2 fully saturated rings. The van der Waals surface area contributed by atoms with Crippen LogP contribution < -0.4 is 5.32 Å². The van der Waals surface area contributed by atoms with Crippen molar-refractivity contribution in [2.24, 2.45) is 11.8 Å². The van der Waals surface area contributed by atoms with Gasteiger partial charge in [-0.3, -0.25) is 0 Å². The molecule has 0 bridgehead atoms. The zero-order valence-corrected chi connectivity index (χ0v) is 9.09. The van der Waals surface area contributed by atoms with Crippen LogP contribution in [0.15, 0.2) is 0 Å². The van der Waals surface area contributed by atoms with Crippen LogP contribution >= 0.6 is 12.4 Å². The molecular formula is C10H18ClF2N. The van der Waals surface area contributed by atoms with E-state index in [-0.39, 0.29) is 18.3 Å². The van der Waals surface area contributed by atoms with E-state index in [1.807, 2.05) is 0 Å². The highest BCUT2D eigenvalue weighted by Crippen LogP contribution is 2.44. The third-order valence-corrected chi connectivity index (χ3v) is 3.50. The highest BCUT2D eigenvalue weighted by molar-refractivity contribution is 5.85. The van der Waals surface area contributed by atoms with Crippen molar-refractivity contribution >= 4 is 12.4 Å². The molecule has 1 N–H and O–H groups in total. The summed E-state index contributed by atoms with van der Waals surface area (Å²) in [5, 5.41) is 3.02. The quantitative estimate of drug-likeness (QED) is 0.762. The standard InChI is InChI=1S/C10H17F2N.ClH/c11-10(12,8-3-1-2-4-8)9-5-6-13-7-9;/h8-9,13H,1-7H2;1H. The van der Waals surface area contributed by atoms with Gasteiger partial charge in [0.1, 0.15) is 0 Å². The second-order valence-corrected chi connectivity index (χ2v) is 4.35. The topological polar surface area (TPSA) is 12.0 Å². The molecule has 1 nitrogen and oxygen atoms in total. The maximum Gasteiger partial charge on any atom is 0.254 e. The Morgan fingerprint density at radius 2 is 1.64 bits per heavy atom. The average molecular weight is 226 g/mol. The summed E-state index contributed by atoms with van der Waals surface area (Å²) in [5.74, 6) is -3.12. The molecule has 1 saturated heterocycles. The van der Waals surface area contributed by atoms with Crippen molar-refractivity contribution in [2.75, 3.05) is 13.1 Å². The van der Waals surface area contributed by atoms with Crippen LogP contribution in [0.5, 0.6) is 0 Å². The first kappa shape index (κ1) is 12.2. The van der Waals surface area contributed by atoms with Gasteiger partial charge in [-0.15, -0.1) is 12.4 Å². The van der Waals surface area contributed by atoms with E-state index in [0.717, 1.165) is 32.2 Å². The van der Waals surface area contributed by atoms with Gasteiger partial charge < -0.3 is 5.32 Å². The number of rotatable bonds is 2. The van der Waals surface area contributed by atoms with Crippen molar-refractivity contribution in [3.8, 4) is 0 Å². The number of nitrogens with one attached hydrogen (secondary N) is 1. The van der Waals surface area contributed by atoms with Gasteiger partial charge in [0, 0.05) is 18.4 Å². The van der Waals surface area contributed by atoms with Crippen LogP contribution in [0, 0.1) is 11.8 Å². The summed E-state index contributed by atoms with van der Waals surface area (Å²) in [6.07, 6.45) is 4.14. The van der Waals surface area contributed by atoms with E-state index >= 15 is 0 Å². The summed E-state index contributed by atoms with van der Waals surface area (Å²) in [4.78, 5) is 0. The monoisotopic (exact) mass is 225 g/mol. The lowest BCUT2D eigenvalue weighted by Gasteiger charge is -2.28. The molecular weight excluding hydrogens is 208 g/mol. The van der Waals surface area contributed by atoms with Gasteiger partial charge in [-0.05, 0) is 25.8 Å². The fourth-order valence-electron chi connectivity index (χ4n) is 2.63. The average Bonchev–Trinajstić information content (AvgIpc) is 2.78. The molecule has 84 valence electrons. The Balaban J connectivity index is 0.000000980. The van der Waals surface area contributed by atoms with Crippen molar-refractivity contribution < 1.29 is 8.78 Å².